The van der Waals surface area contributed by atoms with Crippen molar-refractivity contribution in [3.05, 3.63) is 94.7 Å². The molecule has 0 saturated heterocycles. The molecule has 0 amide bonds. The molecule has 6 heteroatoms. The van der Waals surface area contributed by atoms with E-state index in [0.717, 1.165) is 22.6 Å². The SMILES string of the molecule is Clc1ccc(-c2ccc(C=Nc3ccc4oc(-c5ccccc5Cl)nc4c3)o2)cc1. The largest absolute Gasteiger partial charge is 0.455 e. The van der Waals surface area contributed by atoms with E-state index in [1.165, 1.54) is 0 Å². The average Bonchev–Trinajstić information content (AvgIpc) is 3.40. The molecule has 3 aromatic carbocycles. The molecule has 0 N–H and O–H groups in total. The van der Waals surface area contributed by atoms with Crippen LogP contribution in [0.1, 0.15) is 5.76 Å². The number of aromatic nitrogens is 1. The van der Waals surface area contributed by atoms with Crippen LogP contribution in [0.25, 0.3) is 33.9 Å². The fourth-order valence-corrected chi connectivity index (χ4v) is 3.42. The maximum atomic E-state index is 6.25. The number of nitrogens with zero attached hydrogens (tertiary/aromatic N) is 2. The topological polar surface area (TPSA) is 51.5 Å². The minimum absolute atomic E-state index is 0.482. The number of rotatable bonds is 4. The van der Waals surface area contributed by atoms with Crippen LogP contribution in [0.15, 0.2) is 92.7 Å². The highest BCUT2D eigenvalue weighted by Gasteiger charge is 2.11. The van der Waals surface area contributed by atoms with Crippen LogP contribution >= 0.6 is 23.2 Å². The van der Waals surface area contributed by atoms with Crippen LogP contribution in [0.2, 0.25) is 10.0 Å². The molecule has 0 aliphatic rings. The van der Waals surface area contributed by atoms with Gasteiger partial charge in [0.15, 0.2) is 5.58 Å². The van der Waals surface area contributed by atoms with E-state index in [1.54, 1.807) is 6.21 Å². The number of hydrogen-bond acceptors (Lipinski definition) is 4. The maximum absolute atomic E-state index is 6.25. The van der Waals surface area contributed by atoms with Crippen LogP contribution in [-0.4, -0.2) is 11.2 Å². The van der Waals surface area contributed by atoms with Crippen molar-refractivity contribution in [3.8, 4) is 22.8 Å². The summed E-state index contributed by atoms with van der Waals surface area (Å²) in [6.45, 7) is 0. The van der Waals surface area contributed by atoms with Gasteiger partial charge >= 0.3 is 0 Å². The first-order valence-electron chi connectivity index (χ1n) is 9.21. The summed E-state index contributed by atoms with van der Waals surface area (Å²) in [5.41, 5.74) is 3.83. The van der Waals surface area contributed by atoms with Crippen molar-refractivity contribution in [1.82, 2.24) is 4.98 Å². The lowest BCUT2D eigenvalue weighted by molar-refractivity contribution is 0.575. The van der Waals surface area contributed by atoms with Gasteiger partial charge in [-0.3, -0.25) is 4.99 Å². The second kappa shape index (κ2) is 7.82. The maximum Gasteiger partial charge on any atom is 0.228 e. The fraction of sp³-hybridized carbons (Fsp3) is 0. The van der Waals surface area contributed by atoms with Gasteiger partial charge in [-0.1, -0.05) is 35.3 Å². The van der Waals surface area contributed by atoms with Crippen LogP contribution in [-0.2, 0) is 0 Å². The van der Waals surface area contributed by atoms with E-state index in [1.807, 2.05) is 78.9 Å². The predicted molar refractivity (Wildman–Crippen MR) is 121 cm³/mol. The van der Waals surface area contributed by atoms with Gasteiger partial charge in [0, 0.05) is 10.6 Å². The number of hydrogen-bond donors (Lipinski definition) is 0. The van der Waals surface area contributed by atoms with E-state index in [-0.39, 0.29) is 0 Å². The Morgan fingerprint density at radius 1 is 0.833 bits per heavy atom. The van der Waals surface area contributed by atoms with Gasteiger partial charge in [-0.05, 0) is 66.7 Å². The molecular formula is C24H14Cl2N2O2. The van der Waals surface area contributed by atoms with Crippen molar-refractivity contribution >= 4 is 46.2 Å². The van der Waals surface area contributed by atoms with E-state index in [9.17, 15) is 0 Å². The average molecular weight is 433 g/mol. The molecule has 2 aromatic heterocycles. The number of aliphatic imine (C=N–C) groups is 1. The first-order chi connectivity index (χ1) is 14.7. The lowest BCUT2D eigenvalue weighted by Crippen LogP contribution is -1.78. The van der Waals surface area contributed by atoms with Crippen molar-refractivity contribution in [1.29, 1.82) is 0 Å². The van der Waals surface area contributed by atoms with Crippen molar-refractivity contribution in [2.24, 2.45) is 4.99 Å². The Hall–Kier alpha value is -3.34. The fourth-order valence-electron chi connectivity index (χ4n) is 3.08. The van der Waals surface area contributed by atoms with Crippen molar-refractivity contribution in [2.45, 2.75) is 0 Å². The molecular weight excluding hydrogens is 419 g/mol. The standard InChI is InChI=1S/C24H14Cl2N2O2/c25-16-7-5-15(6-8-16)22-12-10-18(29-22)14-27-17-9-11-23-21(13-17)28-24(30-23)19-3-1-2-4-20(19)26/h1-14H. The van der Waals surface area contributed by atoms with Gasteiger partial charge in [0.1, 0.15) is 17.0 Å². The Labute approximate surface area is 182 Å². The van der Waals surface area contributed by atoms with E-state index in [2.05, 4.69) is 9.98 Å². The third kappa shape index (κ3) is 3.75. The molecule has 5 rings (SSSR count). The molecule has 0 aliphatic carbocycles. The lowest BCUT2D eigenvalue weighted by Gasteiger charge is -1.96. The van der Waals surface area contributed by atoms with E-state index in [0.29, 0.717) is 32.8 Å². The van der Waals surface area contributed by atoms with E-state index >= 15 is 0 Å². The van der Waals surface area contributed by atoms with Crippen LogP contribution in [0, 0.1) is 0 Å². The number of benzene rings is 3. The molecule has 0 atom stereocenters. The highest BCUT2D eigenvalue weighted by atomic mass is 35.5. The summed E-state index contributed by atoms with van der Waals surface area (Å²) < 4.78 is 11.7. The third-order valence-corrected chi connectivity index (χ3v) is 5.15. The lowest BCUT2D eigenvalue weighted by atomic mass is 10.2. The monoisotopic (exact) mass is 432 g/mol. The zero-order valence-electron chi connectivity index (χ0n) is 15.5. The van der Waals surface area contributed by atoms with Crippen molar-refractivity contribution in [2.75, 3.05) is 0 Å². The van der Waals surface area contributed by atoms with Crippen LogP contribution in [0.4, 0.5) is 5.69 Å². The smallest absolute Gasteiger partial charge is 0.228 e. The first-order valence-corrected chi connectivity index (χ1v) is 9.97. The molecule has 0 aliphatic heterocycles. The van der Waals surface area contributed by atoms with Gasteiger partial charge in [-0.2, -0.15) is 0 Å². The third-order valence-electron chi connectivity index (χ3n) is 4.57. The quantitative estimate of drug-likeness (QED) is 0.272. The molecule has 146 valence electrons. The summed E-state index contributed by atoms with van der Waals surface area (Å²) in [6, 6.07) is 24.3. The molecule has 2 heterocycles. The van der Waals surface area contributed by atoms with E-state index < -0.39 is 0 Å². The molecule has 5 aromatic rings. The van der Waals surface area contributed by atoms with Crippen LogP contribution in [0.3, 0.4) is 0 Å². The van der Waals surface area contributed by atoms with Gasteiger partial charge in [0.05, 0.1) is 22.5 Å². The highest BCUT2D eigenvalue weighted by molar-refractivity contribution is 6.33. The minimum atomic E-state index is 0.482. The van der Waals surface area contributed by atoms with Gasteiger partial charge in [-0.25, -0.2) is 4.98 Å². The molecule has 0 unspecified atom stereocenters. The normalized spacial score (nSPS) is 11.5. The second-order valence-corrected chi connectivity index (χ2v) is 7.46. The summed E-state index contributed by atoms with van der Waals surface area (Å²) >= 11 is 12.2. The minimum Gasteiger partial charge on any atom is -0.455 e. The number of halogens is 2. The first kappa shape index (κ1) is 18.7. The Morgan fingerprint density at radius 2 is 1.67 bits per heavy atom. The van der Waals surface area contributed by atoms with Crippen molar-refractivity contribution < 1.29 is 8.83 Å². The molecule has 0 saturated carbocycles. The summed E-state index contributed by atoms with van der Waals surface area (Å²) in [6.07, 6.45) is 1.68. The number of fused-ring (bicyclic) bond motifs is 1. The molecule has 0 bridgehead atoms. The molecule has 0 radical (unpaired) electrons. The van der Waals surface area contributed by atoms with Crippen LogP contribution < -0.4 is 0 Å². The summed E-state index contributed by atoms with van der Waals surface area (Å²) in [7, 11) is 0. The Morgan fingerprint density at radius 3 is 2.50 bits per heavy atom. The molecule has 0 spiro atoms. The highest BCUT2D eigenvalue weighted by Crippen LogP contribution is 2.31. The second-order valence-electron chi connectivity index (χ2n) is 6.62. The summed E-state index contributed by atoms with van der Waals surface area (Å²) in [5.74, 6) is 1.89. The zero-order valence-corrected chi connectivity index (χ0v) is 17.1. The Balaban J connectivity index is 1.40. The predicted octanol–water partition coefficient (Wildman–Crippen LogP) is 7.81. The molecule has 30 heavy (non-hydrogen) atoms. The Bertz CT molecular complexity index is 1370. The molecule has 4 nitrogen and oxygen atoms in total. The van der Waals surface area contributed by atoms with Gasteiger partial charge in [0.2, 0.25) is 5.89 Å². The zero-order chi connectivity index (χ0) is 20.5. The van der Waals surface area contributed by atoms with E-state index in [4.69, 9.17) is 32.0 Å². The summed E-state index contributed by atoms with van der Waals surface area (Å²) in [4.78, 5) is 9.05. The summed E-state index contributed by atoms with van der Waals surface area (Å²) in [5, 5.41) is 1.28. The Kier molecular flexibility index (Phi) is 4.87. The molecule has 0 fully saturated rings. The van der Waals surface area contributed by atoms with Gasteiger partial charge in [-0.15, -0.1) is 0 Å². The number of furan rings is 1. The van der Waals surface area contributed by atoms with Crippen LogP contribution in [0.5, 0.6) is 0 Å². The van der Waals surface area contributed by atoms with Gasteiger partial charge in [0.25, 0.3) is 0 Å². The van der Waals surface area contributed by atoms with Crippen molar-refractivity contribution in [3.63, 3.8) is 0 Å². The van der Waals surface area contributed by atoms with Gasteiger partial charge < -0.3 is 8.83 Å². The number of oxazole rings is 1.